The predicted molar refractivity (Wildman–Crippen MR) is 38.3 cm³/mol. The molecule has 11 heavy (non-hydrogen) atoms. The van der Waals surface area contributed by atoms with Crippen LogP contribution in [0, 0.1) is 0 Å². The molecule has 0 fully saturated rings. The second kappa shape index (κ2) is 3.78. The summed E-state index contributed by atoms with van der Waals surface area (Å²) >= 11 is 0. The summed E-state index contributed by atoms with van der Waals surface area (Å²) in [6.45, 7) is 0.300. The second-order valence-electron chi connectivity index (χ2n) is 1.90. The Kier molecular flexibility index (Phi) is 2.68. The van der Waals surface area contributed by atoms with E-state index in [9.17, 15) is 4.79 Å². The van der Waals surface area contributed by atoms with Crippen LogP contribution in [0.15, 0.2) is 24.2 Å². The van der Waals surface area contributed by atoms with E-state index < -0.39 is 5.97 Å². The average Bonchev–Trinajstić information content (AvgIpc) is 2.06. The fraction of sp³-hybridized carbons (Fsp3) is 0.286. The maximum Gasteiger partial charge on any atom is 0.327 e. The molecular formula is C7H9NO3. The van der Waals surface area contributed by atoms with Crippen molar-refractivity contribution in [2.24, 2.45) is 5.73 Å². The number of carbonyl (C=O) groups excluding carboxylic acids is 1. The number of esters is 1. The van der Waals surface area contributed by atoms with Crippen LogP contribution in [-0.4, -0.2) is 19.1 Å². The van der Waals surface area contributed by atoms with Gasteiger partial charge in [-0.3, -0.25) is 4.79 Å². The van der Waals surface area contributed by atoms with Crippen LogP contribution < -0.4 is 5.73 Å². The van der Waals surface area contributed by atoms with Gasteiger partial charge in [-0.1, -0.05) is 6.08 Å². The van der Waals surface area contributed by atoms with Crippen LogP contribution >= 0.6 is 0 Å². The molecule has 0 aliphatic carbocycles. The van der Waals surface area contributed by atoms with E-state index in [2.05, 4.69) is 4.74 Å². The van der Waals surface area contributed by atoms with Gasteiger partial charge in [-0.25, -0.2) is 0 Å². The van der Waals surface area contributed by atoms with Crippen LogP contribution in [0.4, 0.5) is 0 Å². The van der Waals surface area contributed by atoms with Crippen LogP contribution in [0.1, 0.15) is 0 Å². The molecule has 1 aliphatic rings. The fourth-order valence-electron chi connectivity index (χ4n) is 0.598. The normalized spacial score (nSPS) is 15.2. The van der Waals surface area contributed by atoms with Gasteiger partial charge in [0.25, 0.3) is 5.95 Å². The molecule has 0 bridgehead atoms. The van der Waals surface area contributed by atoms with Crippen molar-refractivity contribution in [3.63, 3.8) is 0 Å². The third-order valence-electron chi connectivity index (χ3n) is 1.07. The van der Waals surface area contributed by atoms with E-state index in [0.29, 0.717) is 6.61 Å². The molecule has 60 valence electrons. The summed E-state index contributed by atoms with van der Waals surface area (Å²) in [6.07, 6.45) is 5.12. The molecule has 0 radical (unpaired) electrons. The fourth-order valence-corrected chi connectivity index (χ4v) is 0.598. The Morgan fingerprint density at radius 1 is 1.82 bits per heavy atom. The van der Waals surface area contributed by atoms with Crippen molar-refractivity contribution >= 4 is 5.97 Å². The Bertz CT molecular complexity index is 208. The van der Waals surface area contributed by atoms with E-state index in [1.807, 2.05) is 0 Å². The van der Waals surface area contributed by atoms with Crippen molar-refractivity contribution in [2.45, 2.75) is 0 Å². The zero-order chi connectivity index (χ0) is 8.10. The minimum Gasteiger partial charge on any atom is -0.461 e. The van der Waals surface area contributed by atoms with Gasteiger partial charge in [0.1, 0.15) is 6.61 Å². The van der Waals surface area contributed by atoms with E-state index in [1.165, 1.54) is 0 Å². The van der Waals surface area contributed by atoms with Gasteiger partial charge in [-0.05, 0) is 6.08 Å². The lowest BCUT2D eigenvalue weighted by atomic mass is 10.4. The Morgan fingerprint density at radius 3 is 3.18 bits per heavy atom. The molecule has 0 spiro atoms. The monoisotopic (exact) mass is 155 g/mol. The van der Waals surface area contributed by atoms with Crippen LogP contribution in [-0.2, 0) is 14.3 Å². The summed E-state index contributed by atoms with van der Waals surface area (Å²) in [5.41, 5.74) is 5.01. The lowest BCUT2D eigenvalue weighted by Crippen LogP contribution is -2.17. The van der Waals surface area contributed by atoms with Gasteiger partial charge in [0.15, 0.2) is 0 Å². The molecule has 0 saturated heterocycles. The Balaban J connectivity index is 2.42. The third kappa shape index (κ3) is 2.43. The van der Waals surface area contributed by atoms with E-state index in [4.69, 9.17) is 10.5 Å². The average molecular weight is 155 g/mol. The zero-order valence-corrected chi connectivity index (χ0v) is 5.95. The minimum atomic E-state index is -0.494. The van der Waals surface area contributed by atoms with Gasteiger partial charge in [0.05, 0.1) is 6.54 Å². The van der Waals surface area contributed by atoms with Crippen molar-refractivity contribution in [3.8, 4) is 0 Å². The summed E-state index contributed by atoms with van der Waals surface area (Å²) in [4.78, 5) is 10.6. The van der Waals surface area contributed by atoms with Gasteiger partial charge in [0.2, 0.25) is 0 Å². The van der Waals surface area contributed by atoms with E-state index in [-0.39, 0.29) is 12.5 Å². The number of carbonyl (C=O) groups is 1. The molecule has 0 aromatic heterocycles. The van der Waals surface area contributed by atoms with Crippen molar-refractivity contribution in [1.29, 1.82) is 0 Å². The van der Waals surface area contributed by atoms with Crippen molar-refractivity contribution in [3.05, 3.63) is 24.2 Å². The summed E-state index contributed by atoms with van der Waals surface area (Å²) in [7, 11) is 0. The zero-order valence-electron chi connectivity index (χ0n) is 5.95. The molecule has 0 atom stereocenters. The Morgan fingerprint density at radius 2 is 2.64 bits per heavy atom. The summed E-state index contributed by atoms with van der Waals surface area (Å²) in [5.74, 6) is -0.283. The Labute approximate surface area is 64.3 Å². The summed E-state index contributed by atoms with van der Waals surface area (Å²) < 4.78 is 9.59. The molecule has 4 nitrogen and oxygen atoms in total. The topological polar surface area (TPSA) is 61.6 Å². The van der Waals surface area contributed by atoms with E-state index >= 15 is 0 Å². The van der Waals surface area contributed by atoms with Crippen LogP contribution in [0.2, 0.25) is 0 Å². The van der Waals surface area contributed by atoms with E-state index in [1.54, 1.807) is 18.2 Å². The van der Waals surface area contributed by atoms with Crippen LogP contribution in [0.3, 0.4) is 0 Å². The first-order valence-electron chi connectivity index (χ1n) is 3.23. The molecule has 4 heteroatoms. The molecule has 0 aromatic carbocycles. The molecule has 0 saturated carbocycles. The highest BCUT2D eigenvalue weighted by molar-refractivity contribution is 5.72. The lowest BCUT2D eigenvalue weighted by Gasteiger charge is -2.09. The van der Waals surface area contributed by atoms with Gasteiger partial charge >= 0.3 is 5.97 Å². The molecule has 2 N–H and O–H groups in total. The maximum absolute atomic E-state index is 10.6. The number of ether oxygens (including phenoxy) is 2. The number of nitrogens with two attached hydrogens (primary N) is 1. The third-order valence-corrected chi connectivity index (χ3v) is 1.07. The lowest BCUT2D eigenvalue weighted by molar-refractivity contribution is -0.143. The summed E-state index contributed by atoms with van der Waals surface area (Å²) in [6, 6.07) is 0. The predicted octanol–water partition coefficient (Wildman–Crippen LogP) is -0.0839. The van der Waals surface area contributed by atoms with Gasteiger partial charge < -0.3 is 15.2 Å². The van der Waals surface area contributed by atoms with Crippen LogP contribution in [0.25, 0.3) is 0 Å². The Hall–Kier alpha value is -1.29. The van der Waals surface area contributed by atoms with Crippen molar-refractivity contribution in [2.75, 3.05) is 13.2 Å². The highest BCUT2D eigenvalue weighted by atomic mass is 16.7. The molecular weight excluding hydrogens is 146 g/mol. The van der Waals surface area contributed by atoms with Crippen molar-refractivity contribution in [1.82, 2.24) is 0 Å². The highest BCUT2D eigenvalue weighted by Crippen LogP contribution is 2.04. The largest absolute Gasteiger partial charge is 0.461 e. The van der Waals surface area contributed by atoms with Crippen LogP contribution in [0.5, 0.6) is 0 Å². The maximum atomic E-state index is 10.6. The number of allylic oxidation sites excluding steroid dienone is 2. The highest BCUT2D eigenvalue weighted by Gasteiger charge is 2.05. The quantitative estimate of drug-likeness (QED) is 0.566. The first kappa shape index (κ1) is 7.81. The molecule has 1 heterocycles. The summed E-state index contributed by atoms with van der Waals surface area (Å²) in [5, 5.41) is 0. The number of rotatable bonds is 2. The molecule has 0 aromatic rings. The first-order valence-corrected chi connectivity index (χ1v) is 3.23. The van der Waals surface area contributed by atoms with Gasteiger partial charge in [0, 0.05) is 6.08 Å². The van der Waals surface area contributed by atoms with Gasteiger partial charge in [-0.2, -0.15) is 0 Å². The van der Waals surface area contributed by atoms with Crippen molar-refractivity contribution < 1.29 is 14.3 Å². The molecule has 0 amide bonds. The smallest absolute Gasteiger partial charge is 0.327 e. The van der Waals surface area contributed by atoms with Gasteiger partial charge in [-0.15, -0.1) is 0 Å². The minimum absolute atomic E-state index is 0.135. The molecule has 1 rings (SSSR count). The second-order valence-corrected chi connectivity index (χ2v) is 1.90. The molecule has 0 unspecified atom stereocenters. The standard InChI is InChI=1S/C7H9NO3/c8-5-6(9)11-7-3-1-2-4-10-7/h1-3H,4-5,8H2. The SMILES string of the molecule is NCC(=O)OC1=CC=CCO1. The first-order chi connectivity index (χ1) is 5.33. The van der Waals surface area contributed by atoms with E-state index in [0.717, 1.165) is 0 Å². The number of hydrogen-bond acceptors (Lipinski definition) is 4. The molecule has 1 aliphatic heterocycles. The number of hydrogen-bond donors (Lipinski definition) is 1.